The number of ketones is 1. The Hall–Kier alpha value is -0.940. The van der Waals surface area contributed by atoms with Gasteiger partial charge in [0.1, 0.15) is 5.97 Å². The molecule has 0 saturated heterocycles. The minimum atomic E-state index is -2.25. The Bertz CT molecular complexity index is 154. The smallest absolute Gasteiger partial charge is 0.270 e. The Morgan fingerprint density at radius 3 is 1.64 bits per heavy atom. The lowest BCUT2D eigenvalue weighted by Gasteiger charge is -2.28. The third-order valence-electron chi connectivity index (χ3n) is 1.31. The molecule has 0 amide bonds. The summed E-state index contributed by atoms with van der Waals surface area (Å²) in [6, 6.07) is 0. The first-order valence-corrected chi connectivity index (χ1v) is 2.84. The summed E-state index contributed by atoms with van der Waals surface area (Å²) in [5.74, 6) is -4.71. The van der Waals surface area contributed by atoms with E-state index in [4.69, 9.17) is 0 Å². The monoisotopic (exact) mass is 161 g/mol. The molecular formula is C6H9O5-. The molecule has 0 heterocycles. The maximum absolute atomic E-state index is 10.7. The average Bonchev–Trinajstić information content (AvgIpc) is 1.90. The number of rotatable bonds is 4. The Kier molecular flexibility index (Phi) is 3.16. The van der Waals surface area contributed by atoms with Crippen molar-refractivity contribution >= 4 is 11.8 Å². The topological polar surface area (TPSA) is 75.7 Å². The number of aliphatic carboxylic acids is 1. The zero-order valence-corrected chi connectivity index (χ0v) is 6.54. The van der Waals surface area contributed by atoms with Crippen LogP contribution in [0.5, 0.6) is 0 Å². The van der Waals surface area contributed by atoms with Gasteiger partial charge in [0, 0.05) is 21.1 Å². The molecule has 0 unspecified atom stereocenters. The molecule has 0 spiro atoms. The van der Waals surface area contributed by atoms with Crippen molar-refractivity contribution < 1.29 is 24.2 Å². The number of carboxylic acid groups (broad SMARTS) is 1. The maximum Gasteiger partial charge on any atom is 0.270 e. The highest BCUT2D eigenvalue weighted by molar-refractivity contribution is 6.02. The number of carbonyl (C=O) groups is 2. The van der Waals surface area contributed by atoms with Crippen molar-refractivity contribution in [3.05, 3.63) is 0 Å². The predicted molar refractivity (Wildman–Crippen MR) is 32.4 cm³/mol. The maximum atomic E-state index is 10.7. The van der Waals surface area contributed by atoms with E-state index in [2.05, 4.69) is 9.47 Å². The summed E-state index contributed by atoms with van der Waals surface area (Å²) in [5.41, 5.74) is 0. The minimum absolute atomic E-state index is 0.762. The lowest BCUT2D eigenvalue weighted by Crippen LogP contribution is -2.56. The molecule has 0 fully saturated rings. The zero-order valence-electron chi connectivity index (χ0n) is 6.54. The van der Waals surface area contributed by atoms with E-state index in [-0.39, 0.29) is 0 Å². The molecule has 0 aliphatic heterocycles. The second-order valence-electron chi connectivity index (χ2n) is 1.87. The van der Waals surface area contributed by atoms with Gasteiger partial charge < -0.3 is 19.4 Å². The summed E-state index contributed by atoms with van der Waals surface area (Å²) < 4.78 is 8.75. The molecule has 5 nitrogen and oxygen atoms in total. The van der Waals surface area contributed by atoms with E-state index >= 15 is 0 Å². The number of ether oxygens (including phenoxy) is 2. The molecule has 0 aliphatic rings. The van der Waals surface area contributed by atoms with Crippen molar-refractivity contribution in [2.24, 2.45) is 0 Å². The first-order valence-electron chi connectivity index (χ1n) is 2.84. The van der Waals surface area contributed by atoms with Gasteiger partial charge in [-0.15, -0.1) is 0 Å². The molecule has 0 radical (unpaired) electrons. The molecule has 0 aliphatic carbocycles. The summed E-state index contributed by atoms with van der Waals surface area (Å²) in [7, 11) is 2.11. The molecule has 0 aromatic rings. The molecule has 0 aromatic heterocycles. The van der Waals surface area contributed by atoms with Gasteiger partial charge in [-0.1, -0.05) is 0 Å². The average molecular weight is 161 g/mol. The first-order chi connectivity index (χ1) is 5.01. The van der Waals surface area contributed by atoms with Crippen LogP contribution in [0.25, 0.3) is 0 Å². The fourth-order valence-corrected chi connectivity index (χ4v) is 0.681. The lowest BCUT2D eigenvalue weighted by molar-refractivity contribution is -0.344. The van der Waals surface area contributed by atoms with Crippen molar-refractivity contribution in [3.8, 4) is 0 Å². The molecule has 0 bridgehead atoms. The Morgan fingerprint density at radius 2 is 1.64 bits per heavy atom. The molecule has 64 valence electrons. The van der Waals surface area contributed by atoms with Gasteiger partial charge in [0.25, 0.3) is 5.79 Å². The second kappa shape index (κ2) is 3.45. The first kappa shape index (κ1) is 10.1. The Morgan fingerprint density at radius 1 is 1.27 bits per heavy atom. The van der Waals surface area contributed by atoms with Crippen LogP contribution in [0, 0.1) is 0 Å². The van der Waals surface area contributed by atoms with Crippen molar-refractivity contribution in [3.63, 3.8) is 0 Å². The summed E-state index contributed by atoms with van der Waals surface area (Å²) in [6.07, 6.45) is 0. The molecule has 5 heteroatoms. The zero-order chi connectivity index (χ0) is 9.07. The Balaban J connectivity index is 4.76. The van der Waals surface area contributed by atoms with E-state index in [1.54, 1.807) is 0 Å². The van der Waals surface area contributed by atoms with Gasteiger partial charge in [0.05, 0.1) is 0 Å². The van der Waals surface area contributed by atoms with Crippen LogP contribution in [0.4, 0.5) is 0 Å². The number of methoxy groups -OCH3 is 2. The van der Waals surface area contributed by atoms with E-state index in [9.17, 15) is 14.7 Å². The summed E-state index contributed by atoms with van der Waals surface area (Å²) in [4.78, 5) is 21.0. The van der Waals surface area contributed by atoms with Crippen LogP contribution in [-0.4, -0.2) is 31.8 Å². The van der Waals surface area contributed by atoms with E-state index < -0.39 is 17.5 Å². The van der Waals surface area contributed by atoms with Gasteiger partial charge in [-0.3, -0.25) is 4.79 Å². The van der Waals surface area contributed by atoms with Crippen LogP contribution in [0.3, 0.4) is 0 Å². The number of carbonyl (C=O) groups excluding carboxylic acids is 2. The largest absolute Gasteiger partial charge is 0.544 e. The van der Waals surface area contributed by atoms with Gasteiger partial charge >= 0.3 is 0 Å². The lowest BCUT2D eigenvalue weighted by atomic mass is 10.2. The molecule has 0 rings (SSSR count). The number of Topliss-reactive ketones (excluding diaryl/α,β-unsaturated/α-hetero) is 1. The SMILES string of the molecule is COC(OC)(C(C)=O)C(=O)[O-]. The molecule has 11 heavy (non-hydrogen) atoms. The highest BCUT2D eigenvalue weighted by atomic mass is 16.7. The highest BCUT2D eigenvalue weighted by Crippen LogP contribution is 2.10. The van der Waals surface area contributed by atoms with Crippen molar-refractivity contribution in [1.29, 1.82) is 0 Å². The van der Waals surface area contributed by atoms with E-state index in [0.717, 1.165) is 21.1 Å². The van der Waals surface area contributed by atoms with Crippen LogP contribution in [0.15, 0.2) is 0 Å². The Labute approximate surface area is 63.9 Å². The van der Waals surface area contributed by atoms with E-state index in [1.807, 2.05) is 0 Å². The van der Waals surface area contributed by atoms with Gasteiger partial charge in [0.15, 0.2) is 5.78 Å². The quantitative estimate of drug-likeness (QED) is 0.363. The fourth-order valence-electron chi connectivity index (χ4n) is 0.681. The summed E-state index contributed by atoms with van der Waals surface area (Å²) in [6.45, 7) is 1.04. The summed E-state index contributed by atoms with van der Waals surface area (Å²) in [5, 5.41) is 10.3. The van der Waals surface area contributed by atoms with Crippen molar-refractivity contribution in [2.45, 2.75) is 12.7 Å². The third-order valence-corrected chi connectivity index (χ3v) is 1.31. The normalized spacial score (nSPS) is 11.2. The van der Waals surface area contributed by atoms with E-state index in [1.165, 1.54) is 0 Å². The van der Waals surface area contributed by atoms with Gasteiger partial charge in [0.2, 0.25) is 0 Å². The summed E-state index contributed by atoms with van der Waals surface area (Å²) >= 11 is 0. The predicted octanol–water partition coefficient (Wildman–Crippen LogP) is -1.69. The van der Waals surface area contributed by atoms with Crippen LogP contribution in [0.1, 0.15) is 6.92 Å². The number of hydrogen-bond acceptors (Lipinski definition) is 5. The minimum Gasteiger partial charge on any atom is -0.544 e. The van der Waals surface area contributed by atoms with Gasteiger partial charge in [-0.2, -0.15) is 0 Å². The van der Waals surface area contributed by atoms with E-state index in [0.29, 0.717) is 0 Å². The molecule has 0 atom stereocenters. The molecule has 0 saturated carbocycles. The molecule has 0 aromatic carbocycles. The van der Waals surface area contributed by atoms with Crippen LogP contribution in [0.2, 0.25) is 0 Å². The number of carboxylic acids is 1. The highest BCUT2D eigenvalue weighted by Gasteiger charge is 2.37. The fraction of sp³-hybridized carbons (Fsp3) is 0.667. The standard InChI is InChI=1S/C6H10O5/c1-4(7)6(10-2,11-3)5(8)9/h1-3H3,(H,8,9)/p-1. The second-order valence-corrected chi connectivity index (χ2v) is 1.87. The third kappa shape index (κ3) is 1.55. The molecular weight excluding hydrogens is 152 g/mol. The van der Waals surface area contributed by atoms with Crippen LogP contribution < -0.4 is 5.11 Å². The molecule has 0 N–H and O–H groups in total. The van der Waals surface area contributed by atoms with Crippen LogP contribution in [-0.2, 0) is 19.1 Å². The van der Waals surface area contributed by atoms with Crippen molar-refractivity contribution in [1.82, 2.24) is 0 Å². The van der Waals surface area contributed by atoms with Crippen molar-refractivity contribution in [2.75, 3.05) is 14.2 Å². The van der Waals surface area contributed by atoms with Crippen LogP contribution >= 0.6 is 0 Å². The van der Waals surface area contributed by atoms with Gasteiger partial charge in [-0.25, -0.2) is 0 Å². The van der Waals surface area contributed by atoms with Gasteiger partial charge in [-0.05, 0) is 0 Å². The number of hydrogen-bond donors (Lipinski definition) is 0.